The van der Waals surface area contributed by atoms with Gasteiger partial charge in [0.05, 0.1) is 0 Å². The van der Waals surface area contributed by atoms with Gasteiger partial charge in [-0.3, -0.25) is 4.90 Å². The van der Waals surface area contributed by atoms with Gasteiger partial charge in [0.15, 0.2) is 0 Å². The van der Waals surface area contributed by atoms with Gasteiger partial charge in [0.2, 0.25) is 0 Å². The van der Waals surface area contributed by atoms with E-state index in [0.29, 0.717) is 12.1 Å². The molecule has 2 heteroatoms. The third-order valence-electron chi connectivity index (χ3n) is 5.11. The van der Waals surface area contributed by atoms with E-state index in [0.717, 1.165) is 12.6 Å². The molecule has 1 aromatic rings. The average molecular weight is 288 g/mol. The van der Waals surface area contributed by atoms with Crippen molar-refractivity contribution in [3.63, 3.8) is 0 Å². The standard InChI is InChI=1S/C19H32N2/c1-4-18(19(20-3)16-12-8-6-9-13-16)21(5-2)17-14-10-7-11-15-17/h6,8-9,12-13,17-20H,4-5,7,10-11,14-15H2,1-3H3. The molecular formula is C19H32N2. The van der Waals surface area contributed by atoms with Gasteiger partial charge >= 0.3 is 0 Å². The maximum atomic E-state index is 3.58. The van der Waals surface area contributed by atoms with Crippen LogP contribution in [-0.2, 0) is 0 Å². The van der Waals surface area contributed by atoms with Crippen molar-refractivity contribution in [2.24, 2.45) is 0 Å². The van der Waals surface area contributed by atoms with Crippen molar-refractivity contribution < 1.29 is 0 Å². The number of nitrogens with one attached hydrogen (secondary N) is 1. The molecule has 0 bridgehead atoms. The minimum atomic E-state index is 0.429. The van der Waals surface area contributed by atoms with E-state index in [4.69, 9.17) is 0 Å². The van der Waals surface area contributed by atoms with Gasteiger partial charge in [-0.25, -0.2) is 0 Å². The van der Waals surface area contributed by atoms with Crippen LogP contribution in [0.15, 0.2) is 30.3 Å². The van der Waals surface area contributed by atoms with E-state index in [9.17, 15) is 0 Å². The Balaban J connectivity index is 2.18. The summed E-state index contributed by atoms with van der Waals surface area (Å²) >= 11 is 0. The molecule has 0 heterocycles. The van der Waals surface area contributed by atoms with Gasteiger partial charge in [0, 0.05) is 18.1 Å². The molecule has 21 heavy (non-hydrogen) atoms. The lowest BCUT2D eigenvalue weighted by molar-refractivity contribution is 0.0847. The van der Waals surface area contributed by atoms with Crippen LogP contribution in [-0.4, -0.2) is 30.6 Å². The Morgan fingerprint density at radius 3 is 2.29 bits per heavy atom. The molecule has 0 amide bonds. The fourth-order valence-corrected chi connectivity index (χ4v) is 4.08. The van der Waals surface area contributed by atoms with Crippen LogP contribution in [0.5, 0.6) is 0 Å². The maximum absolute atomic E-state index is 3.58. The van der Waals surface area contributed by atoms with Crippen molar-refractivity contribution >= 4 is 0 Å². The van der Waals surface area contributed by atoms with Crippen molar-refractivity contribution in [2.75, 3.05) is 13.6 Å². The van der Waals surface area contributed by atoms with Gasteiger partial charge in [0.1, 0.15) is 0 Å². The smallest absolute Gasteiger partial charge is 0.0475 e. The van der Waals surface area contributed by atoms with Gasteiger partial charge in [-0.15, -0.1) is 0 Å². The third-order valence-corrected chi connectivity index (χ3v) is 5.11. The average Bonchev–Trinajstić information content (AvgIpc) is 2.56. The molecule has 2 atom stereocenters. The molecule has 0 spiro atoms. The van der Waals surface area contributed by atoms with E-state index in [1.807, 2.05) is 0 Å². The van der Waals surface area contributed by atoms with Crippen LogP contribution in [0.4, 0.5) is 0 Å². The molecule has 118 valence electrons. The zero-order valence-electron chi connectivity index (χ0n) is 14.0. The number of benzene rings is 1. The lowest BCUT2D eigenvalue weighted by Gasteiger charge is -2.42. The number of hydrogen-bond donors (Lipinski definition) is 1. The van der Waals surface area contributed by atoms with Crippen LogP contribution in [0.3, 0.4) is 0 Å². The molecule has 0 aliphatic heterocycles. The first-order chi connectivity index (χ1) is 10.3. The first kappa shape index (κ1) is 16.5. The molecule has 1 aromatic carbocycles. The Morgan fingerprint density at radius 2 is 1.76 bits per heavy atom. The fourth-order valence-electron chi connectivity index (χ4n) is 4.08. The Hall–Kier alpha value is -0.860. The SMILES string of the molecule is CCC(C(NC)c1ccccc1)N(CC)C1CCCCC1. The third kappa shape index (κ3) is 4.08. The summed E-state index contributed by atoms with van der Waals surface area (Å²) in [6.07, 6.45) is 8.22. The summed E-state index contributed by atoms with van der Waals surface area (Å²) in [5, 5.41) is 3.58. The lowest BCUT2D eigenvalue weighted by Crippen LogP contribution is -2.49. The van der Waals surface area contributed by atoms with Crippen molar-refractivity contribution in [1.82, 2.24) is 10.2 Å². The fraction of sp³-hybridized carbons (Fsp3) is 0.684. The predicted octanol–water partition coefficient (Wildman–Crippen LogP) is 4.38. The zero-order valence-corrected chi connectivity index (χ0v) is 14.0. The van der Waals surface area contributed by atoms with Crippen LogP contribution >= 0.6 is 0 Å². The van der Waals surface area contributed by atoms with Gasteiger partial charge in [-0.1, -0.05) is 63.4 Å². The van der Waals surface area contributed by atoms with Crippen LogP contribution in [0.2, 0.25) is 0 Å². The molecule has 0 aromatic heterocycles. The second kappa shape index (κ2) is 8.55. The Kier molecular flexibility index (Phi) is 6.72. The number of rotatable bonds is 7. The number of hydrogen-bond acceptors (Lipinski definition) is 2. The first-order valence-electron chi connectivity index (χ1n) is 8.79. The minimum Gasteiger partial charge on any atom is -0.312 e. The van der Waals surface area contributed by atoms with Gasteiger partial charge in [-0.05, 0) is 38.4 Å². The molecule has 1 aliphatic rings. The molecule has 1 saturated carbocycles. The van der Waals surface area contributed by atoms with E-state index < -0.39 is 0 Å². The van der Waals surface area contributed by atoms with Gasteiger partial charge < -0.3 is 5.32 Å². The van der Waals surface area contributed by atoms with E-state index in [2.05, 4.69) is 61.4 Å². The highest BCUT2D eigenvalue weighted by Gasteiger charge is 2.30. The van der Waals surface area contributed by atoms with E-state index in [-0.39, 0.29) is 0 Å². The summed E-state index contributed by atoms with van der Waals surface area (Å²) in [7, 11) is 2.11. The number of likely N-dealkylation sites (N-methyl/N-ethyl adjacent to an activating group) is 2. The summed E-state index contributed by atoms with van der Waals surface area (Å²) in [5.41, 5.74) is 1.42. The van der Waals surface area contributed by atoms with Crippen LogP contribution < -0.4 is 5.32 Å². The predicted molar refractivity (Wildman–Crippen MR) is 91.6 cm³/mol. The molecule has 2 unspecified atom stereocenters. The second-order valence-electron chi connectivity index (χ2n) is 6.27. The Bertz CT molecular complexity index is 384. The van der Waals surface area contributed by atoms with E-state index in [1.54, 1.807) is 0 Å². The molecule has 1 aliphatic carbocycles. The Morgan fingerprint density at radius 1 is 1.10 bits per heavy atom. The van der Waals surface area contributed by atoms with Crippen LogP contribution in [0.1, 0.15) is 64.0 Å². The normalized spacial score (nSPS) is 19.6. The summed E-state index contributed by atoms with van der Waals surface area (Å²) in [4.78, 5) is 2.77. The monoisotopic (exact) mass is 288 g/mol. The minimum absolute atomic E-state index is 0.429. The molecule has 0 saturated heterocycles. The zero-order chi connectivity index (χ0) is 15.1. The first-order valence-corrected chi connectivity index (χ1v) is 8.79. The van der Waals surface area contributed by atoms with Crippen LogP contribution in [0.25, 0.3) is 0 Å². The molecule has 0 radical (unpaired) electrons. The molecule has 1 fully saturated rings. The Labute approximate surface area is 130 Å². The molecule has 2 rings (SSSR count). The summed E-state index contributed by atoms with van der Waals surface area (Å²) in [6.45, 7) is 5.83. The van der Waals surface area contributed by atoms with Crippen LogP contribution in [0, 0.1) is 0 Å². The number of nitrogens with zero attached hydrogens (tertiary/aromatic N) is 1. The summed E-state index contributed by atoms with van der Waals surface area (Å²) < 4.78 is 0. The molecular weight excluding hydrogens is 256 g/mol. The molecule has 1 N–H and O–H groups in total. The topological polar surface area (TPSA) is 15.3 Å². The van der Waals surface area contributed by atoms with Crippen molar-refractivity contribution in [2.45, 2.75) is 70.5 Å². The van der Waals surface area contributed by atoms with Crippen molar-refractivity contribution in [3.8, 4) is 0 Å². The summed E-state index contributed by atoms with van der Waals surface area (Å²) in [5.74, 6) is 0. The van der Waals surface area contributed by atoms with Gasteiger partial charge in [0.25, 0.3) is 0 Å². The highest BCUT2D eigenvalue weighted by molar-refractivity contribution is 5.20. The lowest BCUT2D eigenvalue weighted by atomic mass is 9.89. The van der Waals surface area contributed by atoms with Crippen molar-refractivity contribution in [3.05, 3.63) is 35.9 Å². The second-order valence-corrected chi connectivity index (χ2v) is 6.27. The largest absolute Gasteiger partial charge is 0.312 e. The highest BCUT2D eigenvalue weighted by Crippen LogP contribution is 2.30. The molecule has 2 nitrogen and oxygen atoms in total. The maximum Gasteiger partial charge on any atom is 0.0475 e. The summed E-state index contributed by atoms with van der Waals surface area (Å²) in [6, 6.07) is 12.7. The van der Waals surface area contributed by atoms with Crippen molar-refractivity contribution in [1.29, 1.82) is 0 Å². The quantitative estimate of drug-likeness (QED) is 0.801. The van der Waals surface area contributed by atoms with Gasteiger partial charge in [-0.2, -0.15) is 0 Å². The van der Waals surface area contributed by atoms with E-state index in [1.165, 1.54) is 44.1 Å². The van der Waals surface area contributed by atoms with E-state index >= 15 is 0 Å². The highest BCUT2D eigenvalue weighted by atomic mass is 15.2.